The summed E-state index contributed by atoms with van der Waals surface area (Å²) in [5.41, 5.74) is 0.372. The number of benzene rings is 3. The maximum atomic E-state index is 16.9. The Labute approximate surface area is 270 Å². The molecule has 0 unspecified atom stereocenters. The number of fused-ring (bicyclic) bond motifs is 3. The smallest absolute Gasteiger partial charge is 0.319 e. The first kappa shape index (κ1) is 30.1. The zero-order valence-corrected chi connectivity index (χ0v) is 26.4. The molecule has 234 valence electrons. The van der Waals surface area contributed by atoms with E-state index in [2.05, 4.69) is 16.5 Å². The molecule has 0 bridgehead atoms. The number of rotatable bonds is 6. The van der Waals surface area contributed by atoms with Crippen molar-refractivity contribution in [2.75, 3.05) is 44.2 Å². The number of carbonyl (C=O) groups excluding carboxylic acids is 1. The van der Waals surface area contributed by atoms with Crippen molar-refractivity contribution in [3.05, 3.63) is 71.0 Å². The summed E-state index contributed by atoms with van der Waals surface area (Å²) < 4.78 is 37.6. The van der Waals surface area contributed by atoms with Gasteiger partial charge in [0.25, 0.3) is 0 Å². The largest absolute Gasteiger partial charge is 0.461 e. The first-order valence-electron chi connectivity index (χ1n) is 15.3. The highest BCUT2D eigenvalue weighted by molar-refractivity contribution is 6.38. The third-order valence-electron chi connectivity index (χ3n) is 9.58. The number of carbonyl (C=O) groups is 1. The third-order valence-corrected chi connectivity index (χ3v) is 10.2. The van der Waals surface area contributed by atoms with Crippen LogP contribution in [-0.4, -0.2) is 82.8 Å². The molecule has 1 aromatic heterocycles. The Morgan fingerprint density at radius 1 is 1.13 bits per heavy atom. The quantitative estimate of drug-likeness (QED) is 0.208. The van der Waals surface area contributed by atoms with E-state index in [0.717, 1.165) is 24.8 Å². The molecule has 3 atom stereocenters. The number of ether oxygens (including phenoxy) is 1. The first-order chi connectivity index (χ1) is 21.7. The van der Waals surface area contributed by atoms with Crippen LogP contribution < -0.4 is 9.64 Å². The van der Waals surface area contributed by atoms with Crippen LogP contribution >= 0.6 is 23.2 Å². The minimum absolute atomic E-state index is 0.0148. The van der Waals surface area contributed by atoms with E-state index in [1.54, 1.807) is 23.1 Å². The number of halogens is 4. The lowest BCUT2D eigenvalue weighted by Crippen LogP contribution is -2.53. The monoisotopic (exact) mass is 651 g/mol. The maximum Gasteiger partial charge on any atom is 0.319 e. The molecule has 3 fully saturated rings. The lowest BCUT2D eigenvalue weighted by atomic mass is 9.95. The molecule has 3 aliphatic rings. The van der Waals surface area contributed by atoms with Crippen molar-refractivity contribution < 1.29 is 18.3 Å². The molecule has 3 aliphatic heterocycles. The van der Waals surface area contributed by atoms with Gasteiger partial charge in [0.15, 0.2) is 5.82 Å². The number of aromatic nitrogens is 2. The lowest BCUT2D eigenvalue weighted by molar-refractivity contribution is -0.126. The fourth-order valence-electron chi connectivity index (χ4n) is 7.44. The summed E-state index contributed by atoms with van der Waals surface area (Å²) in [6.45, 7) is 8.34. The molecule has 0 spiro atoms. The standard InChI is InChI=1S/C34H33Cl2F2N5O2/c1-3-27(44)41-13-14-43(20(2)17-41)32-24-15-26(36)29(23-9-4-7-21-8-5-10-25(35)28(21)23)30(38)31(24)39-33(40-32)45-19-34-11-6-12-42(34)18-22(37)16-34/h3-5,7-10,15,20,22H,1,6,11-14,16-19H2,2H3/t20-,22+,34-/m0/s1. The number of hydrogen-bond acceptors (Lipinski definition) is 6. The molecule has 7 nitrogen and oxygen atoms in total. The van der Waals surface area contributed by atoms with Gasteiger partial charge in [0.05, 0.1) is 10.6 Å². The van der Waals surface area contributed by atoms with Crippen LogP contribution in [0.15, 0.2) is 55.1 Å². The fraction of sp³-hybridized carbons (Fsp3) is 0.382. The highest BCUT2D eigenvalue weighted by Crippen LogP contribution is 2.44. The third kappa shape index (κ3) is 5.19. The second kappa shape index (κ2) is 11.7. The average molecular weight is 653 g/mol. The summed E-state index contributed by atoms with van der Waals surface area (Å²) in [6.07, 6.45) is 2.57. The van der Waals surface area contributed by atoms with E-state index in [1.165, 1.54) is 6.08 Å². The van der Waals surface area contributed by atoms with E-state index in [9.17, 15) is 9.18 Å². The van der Waals surface area contributed by atoms with Crippen molar-refractivity contribution in [3.63, 3.8) is 0 Å². The summed E-state index contributed by atoms with van der Waals surface area (Å²) in [4.78, 5) is 27.7. The van der Waals surface area contributed by atoms with Gasteiger partial charge in [0.1, 0.15) is 24.1 Å². The highest BCUT2D eigenvalue weighted by atomic mass is 35.5. The Hall–Kier alpha value is -3.53. The van der Waals surface area contributed by atoms with E-state index in [0.29, 0.717) is 59.8 Å². The fourth-order valence-corrected chi connectivity index (χ4v) is 8.02. The molecule has 0 aliphatic carbocycles. The Balaban J connectivity index is 1.36. The van der Waals surface area contributed by atoms with Crippen molar-refractivity contribution in [2.24, 2.45) is 0 Å². The van der Waals surface area contributed by atoms with Gasteiger partial charge in [-0.25, -0.2) is 8.78 Å². The summed E-state index contributed by atoms with van der Waals surface area (Å²) in [6, 6.07) is 12.6. The van der Waals surface area contributed by atoms with Crippen LogP contribution in [-0.2, 0) is 4.79 Å². The van der Waals surface area contributed by atoms with Crippen LogP contribution in [0, 0.1) is 5.82 Å². The predicted octanol–water partition coefficient (Wildman–Crippen LogP) is 7.07. The van der Waals surface area contributed by atoms with Gasteiger partial charge in [-0.05, 0) is 55.5 Å². The Morgan fingerprint density at radius 3 is 2.71 bits per heavy atom. The molecule has 11 heteroatoms. The number of piperazine rings is 1. The van der Waals surface area contributed by atoms with E-state index in [-0.39, 0.29) is 40.7 Å². The normalized spacial score (nSPS) is 23.6. The van der Waals surface area contributed by atoms with Gasteiger partial charge >= 0.3 is 6.01 Å². The van der Waals surface area contributed by atoms with Crippen LogP contribution in [0.5, 0.6) is 6.01 Å². The van der Waals surface area contributed by atoms with Crippen LogP contribution in [0.25, 0.3) is 32.8 Å². The zero-order valence-electron chi connectivity index (χ0n) is 24.9. The second-order valence-electron chi connectivity index (χ2n) is 12.3. The van der Waals surface area contributed by atoms with Crippen molar-refractivity contribution in [1.29, 1.82) is 0 Å². The summed E-state index contributed by atoms with van der Waals surface area (Å²) in [5.74, 6) is -0.294. The highest BCUT2D eigenvalue weighted by Gasteiger charge is 2.49. The Kier molecular flexibility index (Phi) is 7.82. The zero-order chi connectivity index (χ0) is 31.5. The number of alkyl halides is 1. The van der Waals surface area contributed by atoms with Crippen LogP contribution in [0.2, 0.25) is 10.0 Å². The first-order valence-corrected chi connectivity index (χ1v) is 16.0. The lowest BCUT2D eigenvalue weighted by Gasteiger charge is -2.40. The van der Waals surface area contributed by atoms with E-state index in [4.69, 9.17) is 32.9 Å². The van der Waals surface area contributed by atoms with Gasteiger partial charge in [-0.1, -0.05) is 60.1 Å². The molecular weight excluding hydrogens is 619 g/mol. The molecule has 3 aromatic carbocycles. The Morgan fingerprint density at radius 2 is 1.93 bits per heavy atom. The van der Waals surface area contributed by atoms with Crippen LogP contribution in [0.1, 0.15) is 26.2 Å². The van der Waals surface area contributed by atoms with E-state index in [1.807, 2.05) is 36.1 Å². The summed E-state index contributed by atoms with van der Waals surface area (Å²) in [5, 5.41) is 2.65. The molecule has 0 N–H and O–H groups in total. The summed E-state index contributed by atoms with van der Waals surface area (Å²) in [7, 11) is 0. The number of hydrogen-bond donors (Lipinski definition) is 0. The maximum absolute atomic E-state index is 16.9. The molecule has 3 saturated heterocycles. The van der Waals surface area contributed by atoms with Crippen LogP contribution in [0.3, 0.4) is 0 Å². The van der Waals surface area contributed by atoms with Crippen molar-refractivity contribution in [1.82, 2.24) is 19.8 Å². The molecule has 4 heterocycles. The van der Waals surface area contributed by atoms with Gasteiger partial charge in [0.2, 0.25) is 5.91 Å². The SMILES string of the molecule is C=CC(=O)N1CCN(c2nc(OC[C@@]34CCCN3C[C@H](F)C4)nc3c(F)c(-c4cccc5cccc(Cl)c45)c(Cl)cc23)[C@@H](C)C1. The number of nitrogens with zero attached hydrogens (tertiary/aromatic N) is 5. The van der Waals surface area contributed by atoms with Crippen molar-refractivity contribution in [3.8, 4) is 17.1 Å². The van der Waals surface area contributed by atoms with Gasteiger partial charge in [-0.3, -0.25) is 9.69 Å². The van der Waals surface area contributed by atoms with Gasteiger partial charge < -0.3 is 14.5 Å². The van der Waals surface area contributed by atoms with Gasteiger partial charge in [-0.15, -0.1) is 0 Å². The van der Waals surface area contributed by atoms with Crippen molar-refractivity contribution >= 4 is 56.6 Å². The molecule has 0 radical (unpaired) electrons. The molecule has 7 rings (SSSR count). The number of anilines is 1. The molecule has 45 heavy (non-hydrogen) atoms. The molecular formula is C34H33Cl2F2N5O2. The minimum atomic E-state index is -0.910. The molecule has 0 saturated carbocycles. The number of amides is 1. The molecule has 1 amide bonds. The minimum Gasteiger partial charge on any atom is -0.461 e. The van der Waals surface area contributed by atoms with Gasteiger partial charge in [-0.2, -0.15) is 9.97 Å². The van der Waals surface area contributed by atoms with Gasteiger partial charge in [0, 0.05) is 60.0 Å². The predicted molar refractivity (Wildman–Crippen MR) is 175 cm³/mol. The van der Waals surface area contributed by atoms with Crippen molar-refractivity contribution in [2.45, 2.75) is 43.9 Å². The topological polar surface area (TPSA) is 61.8 Å². The second-order valence-corrected chi connectivity index (χ2v) is 13.1. The average Bonchev–Trinajstić information content (AvgIpc) is 3.55. The Bertz CT molecular complexity index is 1830. The van der Waals surface area contributed by atoms with E-state index < -0.39 is 17.5 Å². The molecule has 4 aromatic rings. The summed E-state index contributed by atoms with van der Waals surface area (Å²) >= 11 is 13.5. The van der Waals surface area contributed by atoms with E-state index >= 15 is 4.39 Å². The van der Waals surface area contributed by atoms with Crippen LogP contribution in [0.4, 0.5) is 14.6 Å².